The van der Waals surface area contributed by atoms with Crippen LogP contribution in [0.2, 0.25) is 0 Å². The summed E-state index contributed by atoms with van der Waals surface area (Å²) >= 11 is 0. The first-order chi connectivity index (χ1) is 10.0. The molecule has 0 saturated heterocycles. The third-order valence-electron chi connectivity index (χ3n) is 4.37. The van der Waals surface area contributed by atoms with E-state index in [0.29, 0.717) is 37.1 Å². The van der Waals surface area contributed by atoms with Gasteiger partial charge in [-0.05, 0) is 25.3 Å². The van der Waals surface area contributed by atoms with Gasteiger partial charge in [-0.15, -0.1) is 0 Å². The predicted molar refractivity (Wildman–Crippen MR) is 73.0 cm³/mol. The van der Waals surface area contributed by atoms with Crippen LogP contribution in [0.5, 0.6) is 0 Å². The number of rotatable bonds is 3. The molecule has 0 radical (unpaired) electrons. The third-order valence-corrected chi connectivity index (χ3v) is 4.37. The van der Waals surface area contributed by atoms with Crippen molar-refractivity contribution < 1.29 is 19.6 Å². The summed E-state index contributed by atoms with van der Waals surface area (Å²) in [5.41, 5.74) is 1.12. The zero-order chi connectivity index (χ0) is 15.1. The van der Waals surface area contributed by atoms with Gasteiger partial charge in [-0.2, -0.15) is 0 Å². The Morgan fingerprint density at radius 1 is 1.29 bits per heavy atom. The fourth-order valence-corrected chi connectivity index (χ4v) is 3.11. The van der Waals surface area contributed by atoms with Crippen LogP contribution in [0.25, 0.3) is 0 Å². The lowest BCUT2D eigenvalue weighted by Crippen LogP contribution is -2.45. The second-order valence-electron chi connectivity index (χ2n) is 5.40. The summed E-state index contributed by atoms with van der Waals surface area (Å²) in [6.07, 6.45) is 1.51. The minimum Gasteiger partial charge on any atom is -0.481 e. The molecule has 1 heterocycles. The molecule has 1 amide bonds. The standard InChI is InChI=1S/C14H14N2O5/c17-13(8-4-5-9(8)14(18)19)15-7-6-10-11(15)2-1-3-12(10)16(20)21/h1-3,8-9H,4-7H2,(H,18,19). The Balaban J connectivity index is 1.88. The number of hydrogen-bond donors (Lipinski definition) is 1. The zero-order valence-electron chi connectivity index (χ0n) is 11.2. The van der Waals surface area contributed by atoms with Crippen molar-refractivity contribution in [2.24, 2.45) is 11.8 Å². The van der Waals surface area contributed by atoms with Gasteiger partial charge < -0.3 is 10.0 Å². The van der Waals surface area contributed by atoms with Gasteiger partial charge in [0.15, 0.2) is 0 Å². The monoisotopic (exact) mass is 290 g/mol. The molecule has 0 bridgehead atoms. The highest BCUT2D eigenvalue weighted by Gasteiger charge is 2.45. The Bertz CT molecular complexity index is 642. The van der Waals surface area contributed by atoms with Gasteiger partial charge in [-0.3, -0.25) is 19.7 Å². The SMILES string of the molecule is O=C(O)C1CCC1C(=O)N1CCc2c1cccc2[N+](=O)[O-]. The summed E-state index contributed by atoms with van der Waals surface area (Å²) in [5.74, 6) is -2.31. The van der Waals surface area contributed by atoms with Crippen molar-refractivity contribution in [1.29, 1.82) is 0 Å². The number of hydrogen-bond acceptors (Lipinski definition) is 4. The molecular formula is C14H14N2O5. The summed E-state index contributed by atoms with van der Waals surface area (Å²) in [7, 11) is 0. The lowest BCUT2D eigenvalue weighted by atomic mass is 9.73. The van der Waals surface area contributed by atoms with E-state index < -0.39 is 22.7 Å². The number of nitrogens with zero attached hydrogens (tertiary/aromatic N) is 2. The maximum atomic E-state index is 12.5. The molecule has 1 N–H and O–H groups in total. The maximum absolute atomic E-state index is 12.5. The molecule has 1 aromatic carbocycles. The molecule has 2 unspecified atom stereocenters. The second kappa shape index (κ2) is 4.83. The Morgan fingerprint density at radius 2 is 2.00 bits per heavy atom. The summed E-state index contributed by atoms with van der Waals surface area (Å²) in [6.45, 7) is 0.377. The van der Waals surface area contributed by atoms with Gasteiger partial charge in [0.05, 0.1) is 28.0 Å². The van der Waals surface area contributed by atoms with Crippen molar-refractivity contribution in [3.05, 3.63) is 33.9 Å². The van der Waals surface area contributed by atoms with Crippen LogP contribution in [0.3, 0.4) is 0 Å². The summed E-state index contributed by atoms with van der Waals surface area (Å²) in [5, 5.41) is 20.1. The number of amides is 1. The van der Waals surface area contributed by atoms with Gasteiger partial charge in [-0.1, -0.05) is 6.07 Å². The van der Waals surface area contributed by atoms with E-state index in [1.165, 1.54) is 11.0 Å². The quantitative estimate of drug-likeness (QED) is 0.673. The van der Waals surface area contributed by atoms with E-state index in [-0.39, 0.29) is 11.6 Å². The van der Waals surface area contributed by atoms with E-state index in [1.807, 2.05) is 0 Å². The van der Waals surface area contributed by atoms with Crippen molar-refractivity contribution in [1.82, 2.24) is 0 Å². The van der Waals surface area contributed by atoms with Crippen molar-refractivity contribution in [3.63, 3.8) is 0 Å². The Labute approximate surface area is 120 Å². The molecule has 21 heavy (non-hydrogen) atoms. The van der Waals surface area contributed by atoms with Gasteiger partial charge in [0, 0.05) is 12.6 Å². The van der Waals surface area contributed by atoms with Gasteiger partial charge in [0.2, 0.25) is 5.91 Å². The van der Waals surface area contributed by atoms with Gasteiger partial charge in [-0.25, -0.2) is 0 Å². The molecule has 3 rings (SSSR count). The highest BCUT2D eigenvalue weighted by atomic mass is 16.6. The van der Waals surface area contributed by atoms with Crippen molar-refractivity contribution in [2.75, 3.05) is 11.4 Å². The van der Waals surface area contributed by atoms with E-state index in [9.17, 15) is 19.7 Å². The van der Waals surface area contributed by atoms with Crippen molar-refractivity contribution in [3.8, 4) is 0 Å². The molecule has 1 fully saturated rings. The molecule has 7 nitrogen and oxygen atoms in total. The first-order valence-electron chi connectivity index (χ1n) is 6.81. The van der Waals surface area contributed by atoms with Crippen molar-refractivity contribution >= 4 is 23.3 Å². The van der Waals surface area contributed by atoms with Gasteiger partial charge in [0.25, 0.3) is 5.69 Å². The first kappa shape index (κ1) is 13.5. The summed E-state index contributed by atoms with van der Waals surface area (Å²) in [4.78, 5) is 35.6. The van der Waals surface area contributed by atoms with E-state index in [1.54, 1.807) is 12.1 Å². The average molecular weight is 290 g/mol. The summed E-state index contributed by atoms with van der Waals surface area (Å²) < 4.78 is 0. The number of aliphatic carboxylic acids is 1. The lowest BCUT2D eigenvalue weighted by molar-refractivity contribution is -0.385. The molecule has 2 aliphatic rings. The number of nitro benzene ring substituents is 1. The molecule has 2 atom stereocenters. The molecule has 1 saturated carbocycles. The number of nitro groups is 1. The molecule has 1 aliphatic carbocycles. The molecule has 0 aromatic heterocycles. The normalized spacial score (nSPS) is 23.3. The largest absolute Gasteiger partial charge is 0.481 e. The number of benzene rings is 1. The molecular weight excluding hydrogens is 276 g/mol. The molecule has 0 spiro atoms. The van der Waals surface area contributed by atoms with Gasteiger partial charge >= 0.3 is 5.97 Å². The topological polar surface area (TPSA) is 101 Å². The average Bonchev–Trinajstić information content (AvgIpc) is 2.79. The Hall–Kier alpha value is -2.44. The molecule has 1 aromatic rings. The zero-order valence-corrected chi connectivity index (χ0v) is 11.2. The highest BCUT2D eigenvalue weighted by molar-refractivity contribution is 6.00. The van der Waals surface area contributed by atoms with Crippen LogP contribution in [0.15, 0.2) is 18.2 Å². The number of carbonyl (C=O) groups is 2. The van der Waals surface area contributed by atoms with Crippen LogP contribution < -0.4 is 4.90 Å². The predicted octanol–water partition coefficient (Wildman–Crippen LogP) is 1.59. The van der Waals surface area contributed by atoms with Crippen LogP contribution in [0, 0.1) is 22.0 Å². The molecule has 7 heteroatoms. The van der Waals surface area contributed by atoms with Crippen LogP contribution in [0.1, 0.15) is 18.4 Å². The first-order valence-corrected chi connectivity index (χ1v) is 6.81. The number of fused-ring (bicyclic) bond motifs is 1. The highest BCUT2D eigenvalue weighted by Crippen LogP contribution is 2.40. The van der Waals surface area contributed by atoms with Crippen LogP contribution in [0.4, 0.5) is 11.4 Å². The number of carboxylic acid groups (broad SMARTS) is 1. The smallest absolute Gasteiger partial charge is 0.307 e. The van der Waals surface area contributed by atoms with E-state index in [2.05, 4.69) is 0 Å². The second-order valence-corrected chi connectivity index (χ2v) is 5.40. The lowest BCUT2D eigenvalue weighted by Gasteiger charge is -2.35. The number of carboxylic acids is 1. The van der Waals surface area contributed by atoms with E-state index in [0.717, 1.165) is 0 Å². The van der Waals surface area contributed by atoms with Crippen LogP contribution in [-0.4, -0.2) is 28.5 Å². The van der Waals surface area contributed by atoms with Crippen molar-refractivity contribution in [2.45, 2.75) is 19.3 Å². The number of anilines is 1. The summed E-state index contributed by atoms with van der Waals surface area (Å²) in [6, 6.07) is 4.66. The minimum atomic E-state index is -0.946. The molecule has 1 aliphatic heterocycles. The minimum absolute atomic E-state index is 0.0196. The molecule has 110 valence electrons. The third kappa shape index (κ3) is 2.05. The van der Waals surface area contributed by atoms with E-state index in [4.69, 9.17) is 5.11 Å². The fourth-order valence-electron chi connectivity index (χ4n) is 3.11. The Kier molecular flexibility index (Phi) is 3.12. The Morgan fingerprint density at radius 3 is 2.57 bits per heavy atom. The van der Waals surface area contributed by atoms with E-state index >= 15 is 0 Å². The fraction of sp³-hybridized carbons (Fsp3) is 0.429. The van der Waals surface area contributed by atoms with Gasteiger partial charge in [0.1, 0.15) is 0 Å². The maximum Gasteiger partial charge on any atom is 0.307 e. The van der Waals surface area contributed by atoms with Crippen LogP contribution in [-0.2, 0) is 16.0 Å². The number of carbonyl (C=O) groups excluding carboxylic acids is 1. The van der Waals surface area contributed by atoms with Crippen LogP contribution >= 0.6 is 0 Å².